The maximum absolute atomic E-state index is 12.0. The van der Waals surface area contributed by atoms with E-state index in [9.17, 15) is 9.59 Å². The average Bonchev–Trinajstić information content (AvgIpc) is 2.53. The van der Waals surface area contributed by atoms with Gasteiger partial charge in [-0.2, -0.15) is 5.26 Å². The lowest BCUT2D eigenvalue weighted by Gasteiger charge is -2.13. The first-order valence-electron chi connectivity index (χ1n) is 6.77. The minimum atomic E-state index is -1.34. The van der Waals surface area contributed by atoms with Crippen molar-refractivity contribution in [3.63, 3.8) is 0 Å². The standard InChI is InChI=1S/C16H15N3O3/c1-2-22-15(20)14(10-17)19-16(21)18-13-9-5-7-11-6-3-4-8-12(11)13/h3-9,14H,2H2,1H3,(H2,18,19,21). The molecule has 112 valence electrons. The van der Waals surface area contributed by atoms with E-state index in [4.69, 9.17) is 10.00 Å². The smallest absolute Gasteiger partial charge is 0.343 e. The van der Waals surface area contributed by atoms with Crippen molar-refractivity contribution < 1.29 is 14.3 Å². The minimum Gasteiger partial charge on any atom is -0.464 e. The predicted molar refractivity (Wildman–Crippen MR) is 82.1 cm³/mol. The molecular formula is C16H15N3O3. The lowest BCUT2D eigenvalue weighted by atomic mass is 10.1. The number of hydrogen-bond acceptors (Lipinski definition) is 4. The molecule has 0 saturated heterocycles. The van der Waals surface area contributed by atoms with Gasteiger partial charge < -0.3 is 15.4 Å². The van der Waals surface area contributed by atoms with E-state index in [2.05, 4.69) is 10.6 Å². The topological polar surface area (TPSA) is 91.2 Å². The van der Waals surface area contributed by atoms with Crippen molar-refractivity contribution >= 4 is 28.5 Å². The molecule has 0 aromatic heterocycles. The third-order valence-corrected chi connectivity index (χ3v) is 2.96. The van der Waals surface area contributed by atoms with Crippen LogP contribution in [-0.2, 0) is 9.53 Å². The van der Waals surface area contributed by atoms with Crippen molar-refractivity contribution in [1.82, 2.24) is 5.32 Å². The number of benzene rings is 2. The Kier molecular flexibility index (Phi) is 4.94. The molecule has 0 saturated carbocycles. The molecule has 0 bridgehead atoms. The summed E-state index contributed by atoms with van der Waals surface area (Å²) in [5, 5.41) is 15.7. The molecule has 0 aliphatic carbocycles. The van der Waals surface area contributed by atoms with E-state index in [0.717, 1.165) is 10.8 Å². The monoisotopic (exact) mass is 297 g/mol. The number of carbonyl (C=O) groups excluding carboxylic acids is 2. The molecule has 1 unspecified atom stereocenters. The third kappa shape index (κ3) is 3.52. The van der Waals surface area contributed by atoms with E-state index in [1.807, 2.05) is 36.4 Å². The number of esters is 1. The highest BCUT2D eigenvalue weighted by molar-refractivity contribution is 6.02. The highest BCUT2D eigenvalue weighted by Gasteiger charge is 2.21. The molecule has 6 nitrogen and oxygen atoms in total. The Bertz CT molecular complexity index is 731. The SMILES string of the molecule is CCOC(=O)C(C#N)NC(=O)Nc1cccc2ccccc12. The first-order valence-corrected chi connectivity index (χ1v) is 6.77. The number of anilines is 1. The number of amides is 2. The van der Waals surface area contributed by atoms with E-state index < -0.39 is 18.0 Å². The van der Waals surface area contributed by atoms with Gasteiger partial charge in [0.1, 0.15) is 0 Å². The van der Waals surface area contributed by atoms with Gasteiger partial charge in [0.15, 0.2) is 0 Å². The fraction of sp³-hybridized carbons (Fsp3) is 0.188. The first kappa shape index (κ1) is 15.3. The summed E-state index contributed by atoms with van der Waals surface area (Å²) in [7, 11) is 0. The molecule has 0 radical (unpaired) electrons. The Morgan fingerprint density at radius 3 is 2.68 bits per heavy atom. The fourth-order valence-electron chi connectivity index (χ4n) is 1.99. The van der Waals surface area contributed by atoms with Crippen LogP contribution in [0.3, 0.4) is 0 Å². The number of hydrogen-bond donors (Lipinski definition) is 2. The second-order valence-electron chi connectivity index (χ2n) is 4.44. The van der Waals surface area contributed by atoms with E-state index in [-0.39, 0.29) is 6.61 Å². The van der Waals surface area contributed by atoms with Crippen LogP contribution in [0.2, 0.25) is 0 Å². The number of nitriles is 1. The molecule has 6 heteroatoms. The van der Waals surface area contributed by atoms with Gasteiger partial charge in [-0.3, -0.25) is 0 Å². The Morgan fingerprint density at radius 2 is 1.95 bits per heavy atom. The molecule has 2 N–H and O–H groups in total. The maximum atomic E-state index is 12.0. The normalized spacial score (nSPS) is 11.3. The highest BCUT2D eigenvalue weighted by Crippen LogP contribution is 2.22. The van der Waals surface area contributed by atoms with Crippen molar-refractivity contribution in [3.8, 4) is 6.07 Å². The van der Waals surface area contributed by atoms with Crippen LogP contribution < -0.4 is 10.6 Å². The Balaban J connectivity index is 2.11. The van der Waals surface area contributed by atoms with Gasteiger partial charge >= 0.3 is 12.0 Å². The number of urea groups is 1. The maximum Gasteiger partial charge on any atom is 0.343 e. The molecule has 2 rings (SSSR count). The van der Waals surface area contributed by atoms with Crippen LogP contribution in [0.4, 0.5) is 10.5 Å². The van der Waals surface area contributed by atoms with Gasteiger partial charge in [0.2, 0.25) is 6.04 Å². The predicted octanol–water partition coefficient (Wildman–Crippen LogP) is 2.42. The van der Waals surface area contributed by atoms with Crippen molar-refractivity contribution in [1.29, 1.82) is 5.26 Å². The van der Waals surface area contributed by atoms with Gasteiger partial charge in [0.05, 0.1) is 18.4 Å². The van der Waals surface area contributed by atoms with E-state index in [0.29, 0.717) is 5.69 Å². The molecule has 22 heavy (non-hydrogen) atoms. The quantitative estimate of drug-likeness (QED) is 0.848. The summed E-state index contributed by atoms with van der Waals surface area (Å²) in [6, 6.07) is 12.8. The van der Waals surface area contributed by atoms with Crippen LogP contribution in [0.25, 0.3) is 10.8 Å². The average molecular weight is 297 g/mol. The van der Waals surface area contributed by atoms with Crippen molar-refractivity contribution in [3.05, 3.63) is 42.5 Å². The zero-order valence-corrected chi connectivity index (χ0v) is 12.0. The number of ether oxygens (including phenoxy) is 1. The lowest BCUT2D eigenvalue weighted by molar-refractivity contribution is -0.143. The summed E-state index contributed by atoms with van der Waals surface area (Å²) < 4.78 is 4.71. The lowest BCUT2D eigenvalue weighted by Crippen LogP contribution is -2.43. The summed E-state index contributed by atoms with van der Waals surface area (Å²) in [4.78, 5) is 23.4. The molecule has 0 spiro atoms. The van der Waals surface area contributed by atoms with E-state index in [1.54, 1.807) is 19.1 Å². The number of carbonyl (C=O) groups is 2. The van der Waals surface area contributed by atoms with Crippen LogP contribution in [0, 0.1) is 11.3 Å². The molecule has 2 amide bonds. The molecule has 2 aromatic carbocycles. The summed E-state index contributed by atoms with van der Waals surface area (Å²) in [5.41, 5.74) is 0.594. The van der Waals surface area contributed by atoms with Gasteiger partial charge in [-0.25, -0.2) is 9.59 Å². The first-order chi connectivity index (χ1) is 10.7. The van der Waals surface area contributed by atoms with Crippen LogP contribution >= 0.6 is 0 Å². The highest BCUT2D eigenvalue weighted by atomic mass is 16.5. The van der Waals surface area contributed by atoms with Crippen molar-refractivity contribution in [2.24, 2.45) is 0 Å². The van der Waals surface area contributed by atoms with E-state index in [1.165, 1.54) is 0 Å². The molecule has 0 fully saturated rings. The van der Waals surface area contributed by atoms with Crippen LogP contribution in [0.15, 0.2) is 42.5 Å². The largest absolute Gasteiger partial charge is 0.464 e. The van der Waals surface area contributed by atoms with Crippen molar-refractivity contribution in [2.75, 3.05) is 11.9 Å². The second-order valence-corrected chi connectivity index (χ2v) is 4.44. The van der Waals surface area contributed by atoms with Crippen LogP contribution in [0.5, 0.6) is 0 Å². The Labute approximate surface area is 127 Å². The zero-order chi connectivity index (χ0) is 15.9. The summed E-state index contributed by atoms with van der Waals surface area (Å²) >= 11 is 0. The fourth-order valence-corrected chi connectivity index (χ4v) is 1.99. The Morgan fingerprint density at radius 1 is 1.23 bits per heavy atom. The summed E-state index contributed by atoms with van der Waals surface area (Å²) in [5.74, 6) is -0.780. The van der Waals surface area contributed by atoms with Gasteiger partial charge in [0, 0.05) is 5.39 Å². The Hall–Kier alpha value is -3.07. The number of nitrogens with zero attached hydrogens (tertiary/aromatic N) is 1. The minimum absolute atomic E-state index is 0.142. The van der Waals surface area contributed by atoms with Crippen LogP contribution in [0.1, 0.15) is 6.92 Å². The molecule has 1 atom stereocenters. The zero-order valence-electron chi connectivity index (χ0n) is 12.0. The molecule has 0 aliphatic rings. The molecule has 0 heterocycles. The van der Waals surface area contributed by atoms with Gasteiger partial charge in [-0.05, 0) is 18.4 Å². The van der Waals surface area contributed by atoms with Gasteiger partial charge in [-0.1, -0.05) is 36.4 Å². The second kappa shape index (κ2) is 7.09. The third-order valence-electron chi connectivity index (χ3n) is 2.96. The van der Waals surface area contributed by atoms with Gasteiger partial charge in [0.25, 0.3) is 0 Å². The number of rotatable bonds is 4. The molecule has 0 aliphatic heterocycles. The summed E-state index contributed by atoms with van der Waals surface area (Å²) in [6.45, 7) is 1.77. The molecular weight excluding hydrogens is 282 g/mol. The number of fused-ring (bicyclic) bond motifs is 1. The van der Waals surface area contributed by atoms with E-state index >= 15 is 0 Å². The van der Waals surface area contributed by atoms with Gasteiger partial charge in [-0.15, -0.1) is 0 Å². The summed E-state index contributed by atoms with van der Waals surface area (Å²) in [6.07, 6.45) is 0. The number of nitrogens with one attached hydrogen (secondary N) is 2. The van der Waals surface area contributed by atoms with Crippen molar-refractivity contribution in [2.45, 2.75) is 13.0 Å². The molecule has 2 aromatic rings. The van der Waals surface area contributed by atoms with Crippen LogP contribution in [-0.4, -0.2) is 24.6 Å².